The normalized spacial score (nSPS) is 11.1. The summed E-state index contributed by atoms with van der Waals surface area (Å²) in [7, 11) is 0. The predicted octanol–water partition coefficient (Wildman–Crippen LogP) is 4.10. The van der Waals surface area contributed by atoms with E-state index in [1.54, 1.807) is 17.4 Å². The third-order valence-corrected chi connectivity index (χ3v) is 4.20. The Bertz CT molecular complexity index is 569. The van der Waals surface area contributed by atoms with Gasteiger partial charge in [-0.3, -0.25) is 0 Å². The van der Waals surface area contributed by atoms with E-state index in [1.807, 2.05) is 18.3 Å². The van der Waals surface area contributed by atoms with Crippen LogP contribution >= 0.6 is 22.9 Å². The quantitative estimate of drug-likeness (QED) is 0.844. The highest BCUT2D eigenvalue weighted by Crippen LogP contribution is 2.25. The van der Waals surface area contributed by atoms with Crippen LogP contribution in [0.5, 0.6) is 0 Å². The number of aliphatic hydroxyl groups excluding tert-OH is 1. The minimum absolute atomic E-state index is 0.0188. The van der Waals surface area contributed by atoms with Crippen molar-refractivity contribution in [3.05, 3.63) is 44.9 Å². The van der Waals surface area contributed by atoms with Crippen LogP contribution < -0.4 is 5.32 Å². The van der Waals surface area contributed by atoms with Crippen molar-refractivity contribution in [2.75, 3.05) is 5.32 Å². The van der Waals surface area contributed by atoms with E-state index in [-0.39, 0.29) is 6.61 Å². The lowest BCUT2D eigenvalue weighted by molar-refractivity contribution is 0.282. The summed E-state index contributed by atoms with van der Waals surface area (Å²) in [6.07, 6.45) is 2.94. The van der Waals surface area contributed by atoms with Crippen LogP contribution in [0, 0.1) is 5.92 Å². The van der Waals surface area contributed by atoms with Crippen LogP contribution in [0.2, 0.25) is 5.02 Å². The summed E-state index contributed by atoms with van der Waals surface area (Å²) in [5, 5.41) is 14.3. The van der Waals surface area contributed by atoms with Crippen molar-refractivity contribution in [1.29, 1.82) is 0 Å². The van der Waals surface area contributed by atoms with Gasteiger partial charge in [0, 0.05) is 17.5 Å². The lowest BCUT2D eigenvalue weighted by atomic mass is 10.1. The first-order valence-electron chi connectivity index (χ1n) is 6.65. The zero-order valence-corrected chi connectivity index (χ0v) is 13.3. The molecule has 2 N–H and O–H groups in total. The maximum atomic E-state index is 9.15. The Morgan fingerprint density at radius 2 is 2.20 bits per heavy atom. The predicted molar refractivity (Wildman–Crippen MR) is 85.4 cm³/mol. The number of rotatable bonds is 6. The fourth-order valence-corrected chi connectivity index (χ4v) is 3.12. The number of anilines is 1. The van der Waals surface area contributed by atoms with Crippen molar-refractivity contribution in [3.63, 3.8) is 0 Å². The van der Waals surface area contributed by atoms with Gasteiger partial charge < -0.3 is 10.4 Å². The largest absolute Gasteiger partial charge is 0.392 e. The minimum Gasteiger partial charge on any atom is -0.392 e. The van der Waals surface area contributed by atoms with E-state index in [0.29, 0.717) is 17.5 Å². The van der Waals surface area contributed by atoms with Gasteiger partial charge >= 0.3 is 0 Å². The summed E-state index contributed by atoms with van der Waals surface area (Å²) >= 11 is 7.87. The van der Waals surface area contributed by atoms with Gasteiger partial charge in [-0.05, 0) is 23.6 Å². The number of nitrogens with one attached hydrogen (secondary N) is 1. The Balaban J connectivity index is 1.99. The fraction of sp³-hybridized carbons (Fsp3) is 0.400. The molecule has 1 aromatic carbocycles. The van der Waals surface area contributed by atoms with Gasteiger partial charge in [-0.1, -0.05) is 31.5 Å². The molecule has 0 aliphatic rings. The Hall–Kier alpha value is -1.10. The van der Waals surface area contributed by atoms with Crippen molar-refractivity contribution < 1.29 is 5.11 Å². The molecule has 2 aromatic rings. The van der Waals surface area contributed by atoms with Crippen LogP contribution in [-0.4, -0.2) is 10.1 Å². The molecular weight excluding hydrogens is 292 g/mol. The highest BCUT2D eigenvalue weighted by molar-refractivity contribution is 7.11. The Morgan fingerprint density at radius 1 is 1.40 bits per heavy atom. The average molecular weight is 311 g/mol. The zero-order valence-electron chi connectivity index (χ0n) is 11.7. The van der Waals surface area contributed by atoms with Crippen LogP contribution in [0.25, 0.3) is 0 Å². The molecule has 20 heavy (non-hydrogen) atoms. The van der Waals surface area contributed by atoms with Crippen LogP contribution in [0.3, 0.4) is 0 Å². The summed E-state index contributed by atoms with van der Waals surface area (Å²) in [5.74, 6) is 0.623. The number of nitrogens with zero attached hydrogens (tertiary/aromatic N) is 1. The number of benzene rings is 1. The molecule has 0 amide bonds. The third-order valence-electron chi connectivity index (χ3n) is 2.85. The molecular formula is C15H19ClN2OS. The average Bonchev–Trinajstić information content (AvgIpc) is 2.84. The maximum Gasteiger partial charge on any atom is 0.0930 e. The number of hydrogen-bond donors (Lipinski definition) is 2. The number of halogens is 1. The first-order chi connectivity index (χ1) is 9.58. The second-order valence-electron chi connectivity index (χ2n) is 5.14. The molecule has 0 atom stereocenters. The topological polar surface area (TPSA) is 45.2 Å². The van der Waals surface area contributed by atoms with Gasteiger partial charge in [0.1, 0.15) is 0 Å². The van der Waals surface area contributed by atoms with Gasteiger partial charge in [-0.2, -0.15) is 0 Å². The minimum atomic E-state index is 0.0188. The van der Waals surface area contributed by atoms with Crippen molar-refractivity contribution in [2.45, 2.75) is 33.4 Å². The summed E-state index contributed by atoms with van der Waals surface area (Å²) in [6.45, 7) is 5.11. The number of aromatic nitrogens is 1. The van der Waals surface area contributed by atoms with Gasteiger partial charge in [-0.25, -0.2) is 4.98 Å². The summed E-state index contributed by atoms with van der Waals surface area (Å²) in [4.78, 5) is 5.62. The van der Waals surface area contributed by atoms with Crippen LogP contribution in [0.1, 0.15) is 29.3 Å². The third kappa shape index (κ3) is 4.20. The zero-order chi connectivity index (χ0) is 14.5. The molecule has 5 heteroatoms. The molecule has 0 unspecified atom stereocenters. The van der Waals surface area contributed by atoms with E-state index in [4.69, 9.17) is 16.7 Å². The SMILES string of the molecule is CC(C)Cc1ncc(CNc2cc(CO)ccc2Cl)s1. The molecule has 0 saturated carbocycles. The maximum absolute atomic E-state index is 9.15. The van der Waals surface area contributed by atoms with Crippen LogP contribution in [-0.2, 0) is 19.6 Å². The molecule has 1 heterocycles. The Labute approximate surface area is 128 Å². The fourth-order valence-electron chi connectivity index (χ4n) is 1.86. The molecule has 0 bridgehead atoms. The molecule has 1 aromatic heterocycles. The van der Waals surface area contributed by atoms with Gasteiger partial charge in [-0.15, -0.1) is 11.3 Å². The molecule has 2 rings (SSSR count). The number of hydrogen-bond acceptors (Lipinski definition) is 4. The van der Waals surface area contributed by atoms with Crippen molar-refractivity contribution >= 4 is 28.6 Å². The smallest absolute Gasteiger partial charge is 0.0930 e. The van der Waals surface area contributed by atoms with Crippen LogP contribution in [0.4, 0.5) is 5.69 Å². The van der Waals surface area contributed by atoms with Gasteiger partial charge in [0.2, 0.25) is 0 Å². The standard InChI is InChI=1S/C15H19ClN2OS/c1-10(2)5-15-18-8-12(20-15)7-17-14-6-11(9-19)3-4-13(14)16/h3-4,6,8,10,17,19H,5,7,9H2,1-2H3. The number of thiazole rings is 1. The second-order valence-corrected chi connectivity index (χ2v) is 6.75. The Morgan fingerprint density at radius 3 is 2.90 bits per heavy atom. The monoisotopic (exact) mass is 310 g/mol. The molecule has 0 aliphatic carbocycles. The molecule has 0 saturated heterocycles. The van der Waals surface area contributed by atoms with E-state index in [9.17, 15) is 0 Å². The molecule has 0 radical (unpaired) electrons. The lowest BCUT2D eigenvalue weighted by Crippen LogP contribution is -1.99. The molecule has 3 nitrogen and oxygen atoms in total. The highest BCUT2D eigenvalue weighted by Gasteiger charge is 2.06. The summed E-state index contributed by atoms with van der Waals surface area (Å²) in [5.41, 5.74) is 1.69. The van der Waals surface area contributed by atoms with Gasteiger partial charge in [0.15, 0.2) is 0 Å². The molecule has 0 spiro atoms. The summed E-state index contributed by atoms with van der Waals surface area (Å²) in [6, 6.07) is 5.49. The van der Waals surface area contributed by atoms with Crippen molar-refractivity contribution in [1.82, 2.24) is 4.98 Å². The highest BCUT2D eigenvalue weighted by atomic mass is 35.5. The first-order valence-corrected chi connectivity index (χ1v) is 7.84. The van der Waals surface area contributed by atoms with E-state index >= 15 is 0 Å². The van der Waals surface area contributed by atoms with E-state index < -0.39 is 0 Å². The van der Waals surface area contributed by atoms with Crippen LogP contribution in [0.15, 0.2) is 24.4 Å². The van der Waals surface area contributed by atoms with E-state index in [2.05, 4.69) is 24.1 Å². The van der Waals surface area contributed by atoms with E-state index in [0.717, 1.165) is 17.7 Å². The first kappa shape index (κ1) is 15.3. The lowest BCUT2D eigenvalue weighted by Gasteiger charge is -2.08. The molecule has 0 aliphatic heterocycles. The summed E-state index contributed by atoms with van der Waals surface area (Å²) < 4.78 is 0. The second kappa shape index (κ2) is 7.07. The van der Waals surface area contributed by atoms with Crippen molar-refractivity contribution in [3.8, 4) is 0 Å². The van der Waals surface area contributed by atoms with Gasteiger partial charge in [0.05, 0.1) is 28.9 Å². The number of aliphatic hydroxyl groups is 1. The van der Waals surface area contributed by atoms with Gasteiger partial charge in [0.25, 0.3) is 0 Å². The Kier molecular flexibility index (Phi) is 5.40. The molecule has 108 valence electrons. The van der Waals surface area contributed by atoms with E-state index in [1.165, 1.54) is 9.88 Å². The molecule has 0 fully saturated rings. The van der Waals surface area contributed by atoms with Crippen molar-refractivity contribution in [2.24, 2.45) is 5.92 Å².